The summed E-state index contributed by atoms with van der Waals surface area (Å²) in [6.45, 7) is 0. The van der Waals surface area contributed by atoms with Crippen LogP contribution in [0.1, 0.15) is 31.2 Å². The van der Waals surface area contributed by atoms with Crippen molar-refractivity contribution in [2.24, 2.45) is 11.8 Å². The van der Waals surface area contributed by atoms with Crippen LogP contribution in [0.3, 0.4) is 0 Å². The lowest BCUT2D eigenvalue weighted by molar-refractivity contribution is -0.183. The van der Waals surface area contributed by atoms with E-state index in [0.717, 1.165) is 5.56 Å². The van der Waals surface area contributed by atoms with Crippen LogP contribution >= 0.6 is 11.6 Å². The van der Waals surface area contributed by atoms with E-state index in [2.05, 4.69) is 4.98 Å². The third-order valence-corrected chi connectivity index (χ3v) is 4.07. The Kier molecular flexibility index (Phi) is 5.14. The maximum atomic E-state index is 12.6. The molecule has 0 bridgehead atoms. The molecule has 2 nitrogen and oxygen atoms in total. The minimum absolute atomic E-state index is 0.167. The van der Waals surface area contributed by atoms with E-state index in [1.165, 1.54) is 13.3 Å². The molecule has 0 atom stereocenters. The number of methoxy groups -OCH3 is 1. The summed E-state index contributed by atoms with van der Waals surface area (Å²) >= 11 is 5.84. The van der Waals surface area contributed by atoms with Gasteiger partial charge in [0.1, 0.15) is 10.9 Å². The summed E-state index contributed by atoms with van der Waals surface area (Å²) in [6.07, 6.45) is 2.79. The van der Waals surface area contributed by atoms with E-state index in [1.54, 1.807) is 6.07 Å². The molecule has 0 saturated heterocycles. The van der Waals surface area contributed by atoms with Crippen molar-refractivity contribution in [3.05, 3.63) is 29.1 Å². The van der Waals surface area contributed by atoms with Crippen molar-refractivity contribution in [1.29, 1.82) is 0 Å². The Morgan fingerprint density at radius 3 is 2.52 bits per heavy atom. The second-order valence-corrected chi connectivity index (χ2v) is 5.65. The Balaban J connectivity index is 1.99. The van der Waals surface area contributed by atoms with Crippen molar-refractivity contribution in [2.75, 3.05) is 7.11 Å². The maximum absolute atomic E-state index is 12.6. The predicted molar refractivity (Wildman–Crippen MR) is 76.3 cm³/mol. The molecule has 1 aromatic rings. The SMILES string of the molecule is COc1cnc(Cl)cc1/C=C/C1CCC(C(F)(F)F)CC1. The van der Waals surface area contributed by atoms with Gasteiger partial charge in [0.2, 0.25) is 0 Å². The van der Waals surface area contributed by atoms with Gasteiger partial charge in [-0.3, -0.25) is 0 Å². The van der Waals surface area contributed by atoms with Gasteiger partial charge in [0.15, 0.2) is 0 Å². The first-order chi connectivity index (χ1) is 9.90. The highest BCUT2D eigenvalue weighted by Crippen LogP contribution is 2.40. The molecule has 0 aromatic carbocycles. The number of ether oxygens (including phenoxy) is 1. The van der Waals surface area contributed by atoms with E-state index in [-0.39, 0.29) is 18.8 Å². The zero-order valence-corrected chi connectivity index (χ0v) is 12.4. The smallest absolute Gasteiger partial charge is 0.391 e. The zero-order valence-electron chi connectivity index (χ0n) is 11.7. The third-order valence-electron chi connectivity index (χ3n) is 3.87. The van der Waals surface area contributed by atoms with Crippen LogP contribution in [0, 0.1) is 11.8 Å². The molecule has 1 saturated carbocycles. The Bertz CT molecular complexity index is 508. The first-order valence-corrected chi connectivity index (χ1v) is 7.22. The van der Waals surface area contributed by atoms with E-state index in [9.17, 15) is 13.2 Å². The molecular formula is C15H17ClF3NO. The number of hydrogen-bond donors (Lipinski definition) is 0. The summed E-state index contributed by atoms with van der Waals surface area (Å²) in [4.78, 5) is 3.92. The van der Waals surface area contributed by atoms with Crippen molar-refractivity contribution in [2.45, 2.75) is 31.9 Å². The molecule has 1 aromatic heterocycles. The molecule has 1 aliphatic carbocycles. The van der Waals surface area contributed by atoms with E-state index in [1.807, 2.05) is 12.2 Å². The molecule has 0 amide bonds. The van der Waals surface area contributed by atoms with Crippen LogP contribution in [-0.4, -0.2) is 18.3 Å². The number of allylic oxidation sites excluding steroid dienone is 1. The average Bonchev–Trinajstić information content (AvgIpc) is 2.45. The van der Waals surface area contributed by atoms with Crippen LogP contribution in [0.15, 0.2) is 18.3 Å². The van der Waals surface area contributed by atoms with E-state index in [0.29, 0.717) is 23.7 Å². The summed E-state index contributed by atoms with van der Waals surface area (Å²) < 4.78 is 43.0. The van der Waals surface area contributed by atoms with Gasteiger partial charge in [-0.1, -0.05) is 23.8 Å². The number of aromatic nitrogens is 1. The molecule has 0 N–H and O–H groups in total. The summed E-state index contributed by atoms with van der Waals surface area (Å²) in [7, 11) is 1.54. The van der Waals surface area contributed by atoms with Crippen LogP contribution in [0.4, 0.5) is 13.2 Å². The molecule has 1 fully saturated rings. The number of pyridine rings is 1. The fourth-order valence-electron chi connectivity index (χ4n) is 2.61. The van der Waals surface area contributed by atoms with Gasteiger partial charge < -0.3 is 4.74 Å². The number of nitrogens with zero attached hydrogens (tertiary/aromatic N) is 1. The van der Waals surface area contributed by atoms with Crippen molar-refractivity contribution >= 4 is 17.7 Å². The Labute approximate surface area is 127 Å². The highest BCUT2D eigenvalue weighted by atomic mass is 35.5. The summed E-state index contributed by atoms with van der Waals surface area (Å²) in [5.41, 5.74) is 0.787. The normalized spacial score (nSPS) is 23.5. The van der Waals surface area contributed by atoms with Gasteiger partial charge in [-0.2, -0.15) is 13.2 Å². The van der Waals surface area contributed by atoms with E-state index in [4.69, 9.17) is 16.3 Å². The molecule has 1 aliphatic rings. The second-order valence-electron chi connectivity index (χ2n) is 5.26. The highest BCUT2D eigenvalue weighted by molar-refractivity contribution is 6.29. The van der Waals surface area contributed by atoms with Gasteiger partial charge in [0, 0.05) is 5.56 Å². The van der Waals surface area contributed by atoms with E-state index >= 15 is 0 Å². The van der Waals surface area contributed by atoms with Gasteiger partial charge in [-0.15, -0.1) is 0 Å². The van der Waals surface area contributed by atoms with Crippen LogP contribution in [-0.2, 0) is 0 Å². The molecule has 6 heteroatoms. The third kappa shape index (κ3) is 4.37. The van der Waals surface area contributed by atoms with Crippen LogP contribution in [0.25, 0.3) is 6.08 Å². The van der Waals surface area contributed by atoms with Gasteiger partial charge in [0.05, 0.1) is 19.2 Å². The molecule has 0 radical (unpaired) electrons. The lowest BCUT2D eigenvalue weighted by Crippen LogP contribution is -2.27. The summed E-state index contributed by atoms with van der Waals surface area (Å²) in [5.74, 6) is -0.382. The molecular weight excluding hydrogens is 303 g/mol. The molecule has 1 heterocycles. The highest BCUT2D eigenvalue weighted by Gasteiger charge is 2.40. The predicted octanol–water partition coefficient (Wildman–Crippen LogP) is 5.13. The van der Waals surface area contributed by atoms with Crippen LogP contribution in [0.2, 0.25) is 5.15 Å². The first-order valence-electron chi connectivity index (χ1n) is 6.84. The second kappa shape index (κ2) is 6.69. The standard InChI is InChI=1S/C15H17ClF3NO/c1-21-13-9-20-14(16)8-11(13)5-2-10-3-6-12(7-4-10)15(17,18)19/h2,5,8-10,12H,3-4,6-7H2,1H3/b5-2+. The van der Waals surface area contributed by atoms with Crippen molar-refractivity contribution in [3.63, 3.8) is 0 Å². The Morgan fingerprint density at radius 2 is 1.95 bits per heavy atom. The van der Waals surface area contributed by atoms with Crippen LogP contribution < -0.4 is 4.74 Å². The molecule has 0 unspecified atom stereocenters. The zero-order chi connectivity index (χ0) is 15.5. The van der Waals surface area contributed by atoms with E-state index < -0.39 is 12.1 Å². The van der Waals surface area contributed by atoms with Gasteiger partial charge in [-0.25, -0.2) is 4.98 Å². The fraction of sp³-hybridized carbons (Fsp3) is 0.533. The average molecular weight is 320 g/mol. The fourth-order valence-corrected chi connectivity index (χ4v) is 2.78. The number of alkyl halides is 3. The molecule has 0 aliphatic heterocycles. The molecule has 21 heavy (non-hydrogen) atoms. The number of halogens is 4. The van der Waals surface area contributed by atoms with Crippen molar-refractivity contribution in [3.8, 4) is 5.75 Å². The van der Waals surface area contributed by atoms with Crippen molar-refractivity contribution < 1.29 is 17.9 Å². The maximum Gasteiger partial charge on any atom is 0.391 e. The van der Waals surface area contributed by atoms with Gasteiger partial charge in [0.25, 0.3) is 0 Å². The lowest BCUT2D eigenvalue weighted by atomic mass is 9.81. The Morgan fingerprint density at radius 1 is 1.29 bits per heavy atom. The van der Waals surface area contributed by atoms with Crippen molar-refractivity contribution in [1.82, 2.24) is 4.98 Å². The molecule has 116 valence electrons. The number of hydrogen-bond acceptors (Lipinski definition) is 2. The number of rotatable bonds is 3. The van der Waals surface area contributed by atoms with Crippen LogP contribution in [0.5, 0.6) is 5.75 Å². The minimum atomic E-state index is -4.06. The summed E-state index contributed by atoms with van der Waals surface area (Å²) in [5, 5.41) is 0.358. The van der Waals surface area contributed by atoms with Gasteiger partial charge >= 0.3 is 6.18 Å². The first kappa shape index (κ1) is 16.1. The Hall–Kier alpha value is -1.23. The molecule has 2 rings (SSSR count). The topological polar surface area (TPSA) is 22.1 Å². The van der Waals surface area contributed by atoms with Gasteiger partial charge in [-0.05, 0) is 37.7 Å². The largest absolute Gasteiger partial charge is 0.495 e. The lowest BCUT2D eigenvalue weighted by Gasteiger charge is -2.28. The summed E-state index contributed by atoms with van der Waals surface area (Å²) in [6, 6.07) is 1.68. The molecule has 0 spiro atoms. The quantitative estimate of drug-likeness (QED) is 0.721. The minimum Gasteiger partial charge on any atom is -0.495 e. The monoisotopic (exact) mass is 319 g/mol.